The topological polar surface area (TPSA) is 95.1 Å². The van der Waals surface area contributed by atoms with Crippen molar-refractivity contribution in [3.8, 4) is 0 Å². The highest BCUT2D eigenvalue weighted by atomic mass is 127. The number of ether oxygens (including phenoxy) is 1. The number of halogens is 1. The first kappa shape index (κ1) is 28.1. The third kappa shape index (κ3) is 9.60. The van der Waals surface area contributed by atoms with E-state index in [1.807, 2.05) is 6.92 Å². The molecule has 1 aromatic carbocycles. The Balaban J connectivity index is 0.00000480. The lowest BCUT2D eigenvalue weighted by atomic mass is 10.0. The molecule has 0 saturated carbocycles. The summed E-state index contributed by atoms with van der Waals surface area (Å²) in [7, 11) is -2.01. The summed E-state index contributed by atoms with van der Waals surface area (Å²) in [4.78, 5) is 7.43. The summed E-state index contributed by atoms with van der Waals surface area (Å²) in [5, 5.41) is 6.79. The van der Waals surface area contributed by atoms with Gasteiger partial charge in [-0.15, -0.1) is 24.0 Å². The van der Waals surface area contributed by atoms with Crippen LogP contribution < -0.4 is 15.4 Å². The van der Waals surface area contributed by atoms with E-state index in [0.29, 0.717) is 18.5 Å². The van der Waals surface area contributed by atoms with Gasteiger partial charge in [0.2, 0.25) is 10.0 Å². The Morgan fingerprint density at radius 3 is 2.35 bits per heavy atom. The van der Waals surface area contributed by atoms with E-state index in [1.165, 1.54) is 7.05 Å². The maximum absolute atomic E-state index is 11.8. The summed E-state index contributed by atoms with van der Waals surface area (Å²) < 4.78 is 31.5. The molecule has 2 rings (SSSR count). The molecule has 1 atom stereocenters. The number of hydrogen-bond donors (Lipinski definition) is 3. The summed E-state index contributed by atoms with van der Waals surface area (Å²) in [6.07, 6.45) is 1.12. The average molecular weight is 568 g/mol. The summed E-state index contributed by atoms with van der Waals surface area (Å²) >= 11 is 0. The molecule has 1 fully saturated rings. The summed E-state index contributed by atoms with van der Waals surface area (Å²) in [5.41, 5.74) is 0.953. The Morgan fingerprint density at radius 1 is 1.16 bits per heavy atom. The molecule has 1 saturated heterocycles. The van der Waals surface area contributed by atoms with Crippen LogP contribution in [0.1, 0.15) is 32.8 Å². The summed E-state index contributed by atoms with van der Waals surface area (Å²) in [6.45, 7) is 12.1. The van der Waals surface area contributed by atoms with Gasteiger partial charge < -0.3 is 15.4 Å². The average Bonchev–Trinajstić information content (AvgIpc) is 2.75. The van der Waals surface area contributed by atoms with E-state index in [1.54, 1.807) is 24.3 Å². The van der Waals surface area contributed by atoms with Crippen molar-refractivity contribution in [2.75, 3.05) is 46.4 Å². The van der Waals surface area contributed by atoms with Crippen molar-refractivity contribution in [2.24, 2.45) is 10.9 Å². The lowest BCUT2D eigenvalue weighted by Gasteiger charge is -2.35. The molecule has 1 aromatic rings. The maximum Gasteiger partial charge on any atom is 0.240 e. The number of nitrogens with zero attached hydrogens (tertiary/aromatic N) is 2. The Morgan fingerprint density at radius 2 is 1.81 bits per heavy atom. The van der Waals surface area contributed by atoms with Crippen LogP contribution in [0.4, 0.5) is 0 Å². The van der Waals surface area contributed by atoms with Crippen molar-refractivity contribution < 1.29 is 13.2 Å². The fourth-order valence-corrected chi connectivity index (χ4v) is 4.20. The third-order valence-electron chi connectivity index (χ3n) is 5.08. The van der Waals surface area contributed by atoms with Crippen molar-refractivity contribution in [1.29, 1.82) is 0 Å². The fourth-order valence-electron chi connectivity index (χ4n) is 3.47. The van der Waals surface area contributed by atoms with Crippen LogP contribution in [0.25, 0.3) is 0 Å². The SMILES string of the molecule is CCNC(=NCc1ccc(S(=O)(=O)NC)cc1)NCC(CC(C)C)N1CCOCC1.I. The molecule has 10 heteroatoms. The van der Waals surface area contributed by atoms with Gasteiger partial charge in [-0.05, 0) is 44.0 Å². The molecule has 0 spiro atoms. The number of nitrogens with one attached hydrogen (secondary N) is 3. The van der Waals surface area contributed by atoms with Crippen LogP contribution in [-0.4, -0.2) is 71.8 Å². The van der Waals surface area contributed by atoms with Gasteiger partial charge in [0.25, 0.3) is 0 Å². The fraction of sp³-hybridized carbons (Fsp3) is 0.667. The summed E-state index contributed by atoms with van der Waals surface area (Å²) in [5.74, 6) is 1.39. The molecule has 3 N–H and O–H groups in total. The number of morpholine rings is 1. The minimum Gasteiger partial charge on any atom is -0.379 e. The molecule has 0 amide bonds. The first-order chi connectivity index (χ1) is 14.4. The molecular weight excluding hydrogens is 529 g/mol. The lowest BCUT2D eigenvalue weighted by molar-refractivity contribution is 0.0132. The smallest absolute Gasteiger partial charge is 0.240 e. The molecule has 1 aliphatic heterocycles. The van der Waals surface area contributed by atoms with Crippen LogP contribution in [0.3, 0.4) is 0 Å². The zero-order valence-electron chi connectivity index (χ0n) is 19.1. The zero-order chi connectivity index (χ0) is 22.0. The van der Waals surface area contributed by atoms with Crippen molar-refractivity contribution in [3.63, 3.8) is 0 Å². The largest absolute Gasteiger partial charge is 0.379 e. The molecular formula is C21H38IN5O3S. The van der Waals surface area contributed by atoms with Gasteiger partial charge in [0.1, 0.15) is 0 Å². The highest BCUT2D eigenvalue weighted by molar-refractivity contribution is 14.0. The van der Waals surface area contributed by atoms with Crippen LogP contribution in [0.5, 0.6) is 0 Å². The van der Waals surface area contributed by atoms with Gasteiger partial charge in [-0.2, -0.15) is 0 Å². The maximum atomic E-state index is 11.8. The van der Waals surface area contributed by atoms with Crippen LogP contribution in [0, 0.1) is 5.92 Å². The molecule has 8 nitrogen and oxygen atoms in total. The molecule has 1 aliphatic rings. The summed E-state index contributed by atoms with van der Waals surface area (Å²) in [6, 6.07) is 7.24. The standard InChI is InChI=1S/C21H37N5O3S.HI/c1-5-23-21(24-15-18-6-8-20(9-7-18)30(27,28)22-4)25-16-19(14-17(2)3)26-10-12-29-13-11-26;/h6-9,17,19,22H,5,10-16H2,1-4H3,(H2,23,24,25);1H. The normalized spacial score (nSPS) is 16.6. The minimum atomic E-state index is -3.42. The van der Waals surface area contributed by atoms with Gasteiger partial charge in [0.15, 0.2) is 5.96 Å². The first-order valence-corrected chi connectivity index (χ1v) is 12.2. The van der Waals surface area contributed by atoms with Crippen molar-refractivity contribution in [1.82, 2.24) is 20.3 Å². The second kappa shape index (κ2) is 14.2. The van der Waals surface area contributed by atoms with E-state index in [-0.39, 0.29) is 28.9 Å². The lowest BCUT2D eigenvalue weighted by Crippen LogP contribution is -2.51. The number of benzene rings is 1. The quantitative estimate of drug-likeness (QED) is 0.228. The second-order valence-electron chi connectivity index (χ2n) is 7.86. The molecule has 0 bridgehead atoms. The van der Waals surface area contributed by atoms with E-state index in [2.05, 4.69) is 39.1 Å². The Kier molecular flexibility index (Phi) is 12.9. The molecule has 1 unspecified atom stereocenters. The van der Waals surface area contributed by atoms with Crippen molar-refractivity contribution in [2.45, 2.75) is 44.7 Å². The van der Waals surface area contributed by atoms with Gasteiger partial charge in [-0.3, -0.25) is 4.90 Å². The Hall–Kier alpha value is -0.950. The van der Waals surface area contributed by atoms with Crippen LogP contribution in [0.15, 0.2) is 34.2 Å². The molecule has 178 valence electrons. The number of aliphatic imine (C=N–C) groups is 1. The molecule has 0 radical (unpaired) electrons. The number of guanidine groups is 1. The Bertz CT molecular complexity index is 766. The van der Waals surface area contributed by atoms with Gasteiger partial charge in [-0.1, -0.05) is 26.0 Å². The van der Waals surface area contributed by atoms with Crippen LogP contribution in [0.2, 0.25) is 0 Å². The van der Waals surface area contributed by atoms with Gasteiger partial charge >= 0.3 is 0 Å². The van der Waals surface area contributed by atoms with Gasteiger partial charge in [0.05, 0.1) is 24.7 Å². The number of rotatable bonds is 10. The second-order valence-corrected chi connectivity index (χ2v) is 9.75. The predicted molar refractivity (Wildman–Crippen MR) is 137 cm³/mol. The van der Waals surface area contributed by atoms with Gasteiger partial charge in [0, 0.05) is 32.2 Å². The van der Waals surface area contributed by atoms with E-state index >= 15 is 0 Å². The van der Waals surface area contributed by atoms with E-state index in [0.717, 1.165) is 57.3 Å². The Labute approximate surface area is 204 Å². The van der Waals surface area contributed by atoms with Crippen LogP contribution >= 0.6 is 24.0 Å². The predicted octanol–water partition coefficient (Wildman–Crippen LogP) is 2.01. The monoisotopic (exact) mass is 567 g/mol. The first-order valence-electron chi connectivity index (χ1n) is 10.7. The van der Waals surface area contributed by atoms with Gasteiger partial charge in [-0.25, -0.2) is 18.1 Å². The third-order valence-corrected chi connectivity index (χ3v) is 6.51. The molecule has 31 heavy (non-hydrogen) atoms. The number of hydrogen-bond acceptors (Lipinski definition) is 5. The van der Waals surface area contributed by atoms with Crippen LogP contribution in [-0.2, 0) is 21.3 Å². The van der Waals surface area contributed by atoms with E-state index in [4.69, 9.17) is 4.74 Å². The zero-order valence-corrected chi connectivity index (χ0v) is 22.2. The molecule has 0 aromatic heterocycles. The van der Waals surface area contributed by atoms with Crippen molar-refractivity contribution in [3.05, 3.63) is 29.8 Å². The minimum absolute atomic E-state index is 0. The van der Waals surface area contributed by atoms with E-state index in [9.17, 15) is 8.42 Å². The number of sulfonamides is 1. The van der Waals surface area contributed by atoms with Crippen molar-refractivity contribution >= 4 is 40.0 Å². The molecule has 1 heterocycles. The molecule has 0 aliphatic carbocycles. The van der Waals surface area contributed by atoms with E-state index < -0.39 is 10.0 Å². The highest BCUT2D eigenvalue weighted by Gasteiger charge is 2.22. The highest BCUT2D eigenvalue weighted by Crippen LogP contribution is 2.13.